The SMILES string of the molecule is Cc1ccsc1C(=O)N(C)C(C)c1ccccc1O. The summed E-state index contributed by atoms with van der Waals surface area (Å²) in [5, 5.41) is 11.8. The van der Waals surface area contributed by atoms with Gasteiger partial charge in [0.2, 0.25) is 0 Å². The van der Waals surface area contributed by atoms with Crippen LogP contribution in [0, 0.1) is 6.92 Å². The minimum atomic E-state index is -0.171. The normalized spacial score (nSPS) is 12.2. The van der Waals surface area contributed by atoms with E-state index in [1.54, 1.807) is 24.1 Å². The Bertz CT molecular complexity index is 591. The Hall–Kier alpha value is -1.81. The Morgan fingerprint density at radius 1 is 1.32 bits per heavy atom. The Kier molecular flexibility index (Phi) is 3.90. The van der Waals surface area contributed by atoms with Crippen molar-refractivity contribution in [3.63, 3.8) is 0 Å². The van der Waals surface area contributed by atoms with Crippen LogP contribution in [0.4, 0.5) is 0 Å². The summed E-state index contributed by atoms with van der Waals surface area (Å²) in [5.41, 5.74) is 1.75. The number of hydrogen-bond acceptors (Lipinski definition) is 3. The fourth-order valence-corrected chi connectivity index (χ4v) is 2.88. The molecule has 2 rings (SSSR count). The predicted octanol–water partition coefficient (Wildman–Crippen LogP) is 3.60. The summed E-state index contributed by atoms with van der Waals surface area (Å²) in [6.45, 7) is 3.85. The maximum absolute atomic E-state index is 12.4. The molecule has 19 heavy (non-hydrogen) atoms. The van der Waals surface area contributed by atoms with Gasteiger partial charge in [-0.3, -0.25) is 4.79 Å². The molecule has 0 aliphatic heterocycles. The molecule has 1 N–H and O–H groups in total. The van der Waals surface area contributed by atoms with Gasteiger partial charge < -0.3 is 10.0 Å². The molecule has 0 aliphatic rings. The smallest absolute Gasteiger partial charge is 0.264 e. The number of para-hydroxylation sites is 1. The van der Waals surface area contributed by atoms with Gasteiger partial charge in [-0.1, -0.05) is 18.2 Å². The quantitative estimate of drug-likeness (QED) is 0.930. The van der Waals surface area contributed by atoms with Gasteiger partial charge in [0.25, 0.3) is 5.91 Å². The van der Waals surface area contributed by atoms with Crippen molar-refractivity contribution in [2.24, 2.45) is 0 Å². The maximum atomic E-state index is 12.4. The Balaban J connectivity index is 2.25. The molecule has 0 saturated heterocycles. The van der Waals surface area contributed by atoms with E-state index in [1.807, 2.05) is 37.4 Å². The highest BCUT2D eigenvalue weighted by Gasteiger charge is 2.22. The first-order valence-corrected chi connectivity index (χ1v) is 6.99. The lowest BCUT2D eigenvalue weighted by atomic mass is 10.1. The Morgan fingerprint density at radius 3 is 2.58 bits per heavy atom. The Morgan fingerprint density at radius 2 is 2.00 bits per heavy atom. The highest BCUT2D eigenvalue weighted by molar-refractivity contribution is 7.12. The largest absolute Gasteiger partial charge is 0.508 e. The number of thiophene rings is 1. The summed E-state index contributed by atoms with van der Waals surface area (Å²) in [4.78, 5) is 14.8. The number of rotatable bonds is 3. The molecule has 4 heteroatoms. The van der Waals surface area contributed by atoms with E-state index in [0.717, 1.165) is 16.0 Å². The van der Waals surface area contributed by atoms with Gasteiger partial charge in [0.05, 0.1) is 10.9 Å². The summed E-state index contributed by atoms with van der Waals surface area (Å²) < 4.78 is 0. The van der Waals surface area contributed by atoms with Crippen LogP contribution in [0.15, 0.2) is 35.7 Å². The minimum absolute atomic E-state index is 0.0109. The lowest BCUT2D eigenvalue weighted by molar-refractivity contribution is 0.0745. The number of aryl methyl sites for hydroxylation is 1. The van der Waals surface area contributed by atoms with Crippen LogP contribution in [0.25, 0.3) is 0 Å². The monoisotopic (exact) mass is 275 g/mol. The van der Waals surface area contributed by atoms with E-state index >= 15 is 0 Å². The number of benzene rings is 1. The molecule has 0 fully saturated rings. The average Bonchev–Trinajstić information content (AvgIpc) is 2.83. The lowest BCUT2D eigenvalue weighted by Crippen LogP contribution is -2.29. The molecule has 2 aromatic rings. The van der Waals surface area contributed by atoms with Gasteiger partial charge in [-0.15, -0.1) is 11.3 Å². The summed E-state index contributed by atoms with van der Waals surface area (Å²) in [6.07, 6.45) is 0. The summed E-state index contributed by atoms with van der Waals surface area (Å²) in [5.74, 6) is 0.209. The van der Waals surface area contributed by atoms with Gasteiger partial charge in [-0.2, -0.15) is 0 Å². The first-order valence-electron chi connectivity index (χ1n) is 6.11. The van der Waals surface area contributed by atoms with Crippen molar-refractivity contribution in [1.82, 2.24) is 4.90 Å². The van der Waals surface area contributed by atoms with E-state index in [-0.39, 0.29) is 17.7 Å². The van der Waals surface area contributed by atoms with Crippen LogP contribution in [-0.2, 0) is 0 Å². The van der Waals surface area contributed by atoms with Crippen LogP contribution in [0.2, 0.25) is 0 Å². The average molecular weight is 275 g/mol. The number of hydrogen-bond donors (Lipinski definition) is 1. The van der Waals surface area contributed by atoms with Crippen molar-refractivity contribution < 1.29 is 9.90 Å². The third kappa shape index (κ3) is 2.63. The van der Waals surface area contributed by atoms with Gasteiger partial charge in [-0.25, -0.2) is 0 Å². The molecule has 3 nitrogen and oxygen atoms in total. The number of phenolic OH excluding ortho intramolecular Hbond substituents is 1. The summed E-state index contributed by atoms with van der Waals surface area (Å²) in [7, 11) is 1.76. The summed E-state index contributed by atoms with van der Waals surface area (Å²) in [6, 6.07) is 8.88. The molecule has 1 aromatic heterocycles. The van der Waals surface area contributed by atoms with Gasteiger partial charge in [-0.05, 0) is 36.9 Å². The molecule has 1 unspecified atom stereocenters. The second-order valence-electron chi connectivity index (χ2n) is 4.58. The number of phenols is 1. The fourth-order valence-electron chi connectivity index (χ4n) is 1.98. The molecule has 1 aromatic carbocycles. The van der Waals surface area contributed by atoms with E-state index in [0.29, 0.717) is 0 Å². The zero-order valence-corrected chi connectivity index (χ0v) is 12.1. The predicted molar refractivity (Wildman–Crippen MR) is 77.7 cm³/mol. The van der Waals surface area contributed by atoms with Crippen molar-refractivity contribution in [2.75, 3.05) is 7.05 Å². The van der Waals surface area contributed by atoms with E-state index in [9.17, 15) is 9.90 Å². The molecule has 100 valence electrons. The molecular weight excluding hydrogens is 258 g/mol. The molecule has 0 radical (unpaired) electrons. The van der Waals surface area contributed by atoms with Crippen LogP contribution in [0.1, 0.15) is 33.8 Å². The van der Waals surface area contributed by atoms with Crippen LogP contribution in [-0.4, -0.2) is 23.0 Å². The number of carbonyl (C=O) groups excluding carboxylic acids is 1. The highest BCUT2D eigenvalue weighted by Crippen LogP contribution is 2.29. The van der Waals surface area contributed by atoms with Crippen molar-refractivity contribution in [1.29, 1.82) is 0 Å². The van der Waals surface area contributed by atoms with E-state index in [4.69, 9.17) is 0 Å². The highest BCUT2D eigenvalue weighted by atomic mass is 32.1. The number of nitrogens with zero attached hydrogens (tertiary/aromatic N) is 1. The standard InChI is InChI=1S/C15H17NO2S/c1-10-8-9-19-14(10)15(18)16(3)11(2)12-6-4-5-7-13(12)17/h4-9,11,17H,1-3H3. The molecular formula is C15H17NO2S. The second kappa shape index (κ2) is 5.45. The van der Waals surface area contributed by atoms with E-state index < -0.39 is 0 Å². The first-order chi connectivity index (χ1) is 9.02. The second-order valence-corrected chi connectivity index (χ2v) is 5.50. The zero-order valence-electron chi connectivity index (χ0n) is 11.3. The minimum Gasteiger partial charge on any atom is -0.508 e. The third-order valence-electron chi connectivity index (χ3n) is 3.34. The van der Waals surface area contributed by atoms with Crippen LogP contribution >= 0.6 is 11.3 Å². The van der Waals surface area contributed by atoms with Crippen LogP contribution < -0.4 is 0 Å². The third-order valence-corrected chi connectivity index (χ3v) is 4.35. The van der Waals surface area contributed by atoms with Crippen molar-refractivity contribution in [3.05, 3.63) is 51.7 Å². The van der Waals surface area contributed by atoms with Crippen LogP contribution in [0.3, 0.4) is 0 Å². The molecule has 1 heterocycles. The van der Waals surface area contributed by atoms with E-state index in [2.05, 4.69) is 0 Å². The molecule has 0 spiro atoms. The fraction of sp³-hybridized carbons (Fsp3) is 0.267. The van der Waals surface area contributed by atoms with Gasteiger partial charge in [0.1, 0.15) is 5.75 Å². The van der Waals surface area contributed by atoms with Crippen LogP contribution in [0.5, 0.6) is 5.75 Å². The van der Waals surface area contributed by atoms with Gasteiger partial charge in [0.15, 0.2) is 0 Å². The summed E-state index contributed by atoms with van der Waals surface area (Å²) >= 11 is 1.45. The maximum Gasteiger partial charge on any atom is 0.264 e. The number of aromatic hydroxyl groups is 1. The zero-order chi connectivity index (χ0) is 14.0. The first kappa shape index (κ1) is 13.6. The molecule has 1 atom stereocenters. The topological polar surface area (TPSA) is 40.5 Å². The molecule has 0 bridgehead atoms. The lowest BCUT2D eigenvalue weighted by Gasteiger charge is -2.25. The Labute approximate surface area is 117 Å². The number of carbonyl (C=O) groups is 1. The van der Waals surface area contributed by atoms with Crippen molar-refractivity contribution in [2.45, 2.75) is 19.9 Å². The molecule has 0 saturated carbocycles. The van der Waals surface area contributed by atoms with E-state index in [1.165, 1.54) is 11.3 Å². The van der Waals surface area contributed by atoms with Crippen molar-refractivity contribution in [3.8, 4) is 5.75 Å². The van der Waals surface area contributed by atoms with Gasteiger partial charge >= 0.3 is 0 Å². The molecule has 0 aliphatic carbocycles. The van der Waals surface area contributed by atoms with Crippen molar-refractivity contribution >= 4 is 17.2 Å². The molecule has 1 amide bonds. The van der Waals surface area contributed by atoms with Gasteiger partial charge in [0, 0.05) is 12.6 Å². The number of amides is 1.